The summed E-state index contributed by atoms with van der Waals surface area (Å²) in [6.45, 7) is 1.77. The van der Waals surface area contributed by atoms with Gasteiger partial charge in [0.2, 0.25) is 11.8 Å². The molecular formula is C23H25B3ClF2N3O4. The summed E-state index contributed by atoms with van der Waals surface area (Å²) in [6, 6.07) is 9.46. The van der Waals surface area contributed by atoms with Gasteiger partial charge in [-0.1, -0.05) is 49.2 Å². The highest BCUT2D eigenvalue weighted by Gasteiger charge is 2.41. The van der Waals surface area contributed by atoms with E-state index in [1.807, 2.05) is 6.92 Å². The zero-order chi connectivity index (χ0) is 26.8. The van der Waals surface area contributed by atoms with Gasteiger partial charge in [0.25, 0.3) is 11.8 Å². The van der Waals surface area contributed by atoms with Gasteiger partial charge in [-0.3, -0.25) is 24.5 Å². The van der Waals surface area contributed by atoms with Crippen LogP contribution in [0.5, 0.6) is 0 Å². The minimum Gasteiger partial charge on any atom is -0.346 e. The molecule has 0 spiro atoms. The molecule has 0 saturated heterocycles. The predicted octanol–water partition coefficient (Wildman–Crippen LogP) is 0.0984. The van der Waals surface area contributed by atoms with E-state index in [1.54, 1.807) is 27.8 Å². The maximum Gasteiger partial charge on any atom is 0.349 e. The van der Waals surface area contributed by atoms with Gasteiger partial charge in [-0.05, 0) is 34.5 Å². The van der Waals surface area contributed by atoms with E-state index < -0.39 is 40.4 Å². The van der Waals surface area contributed by atoms with Gasteiger partial charge in [0.15, 0.2) is 0 Å². The minimum atomic E-state index is -3.75. The summed E-state index contributed by atoms with van der Waals surface area (Å²) in [6.07, 6.45) is 0.541. The first kappa shape index (κ1) is 27.5. The van der Waals surface area contributed by atoms with E-state index in [0.717, 1.165) is 12.1 Å². The fourth-order valence-electron chi connectivity index (χ4n) is 3.59. The van der Waals surface area contributed by atoms with Crippen molar-refractivity contribution in [1.29, 1.82) is 0 Å². The number of imide groups is 1. The second kappa shape index (κ2) is 10.5. The number of fused-ring (bicyclic) bond motifs is 1. The first-order valence-electron chi connectivity index (χ1n) is 11.5. The number of hydrogen-bond acceptors (Lipinski definition) is 4. The van der Waals surface area contributed by atoms with Gasteiger partial charge in [0, 0.05) is 29.2 Å². The maximum absolute atomic E-state index is 14.5. The van der Waals surface area contributed by atoms with Crippen molar-refractivity contribution < 1.29 is 28.0 Å². The van der Waals surface area contributed by atoms with Gasteiger partial charge in [-0.2, -0.15) is 8.78 Å². The topological polar surface area (TPSA) is 95.6 Å². The number of hydrogen-bond donors (Lipinski definition) is 2. The molecule has 1 heterocycles. The monoisotopic (exact) mass is 513 g/mol. The number of halogens is 3. The van der Waals surface area contributed by atoms with Crippen molar-refractivity contribution in [2.45, 2.75) is 43.5 Å². The summed E-state index contributed by atoms with van der Waals surface area (Å²) in [7, 11) is 4.98. The molecule has 0 saturated carbocycles. The van der Waals surface area contributed by atoms with Crippen molar-refractivity contribution >= 4 is 58.8 Å². The highest BCUT2D eigenvalue weighted by Crippen LogP contribution is 2.30. The molecule has 0 bridgehead atoms. The SMILES string of the molecule is B[C@@H](C(=O)NC(=O)C(B)(B)CC)N1Cc2cc(CNC(=O)C(F)(F)c3ccc(Cl)cc3)ccc2C1=O. The lowest BCUT2D eigenvalue weighted by Crippen LogP contribution is -2.51. The first-order chi connectivity index (χ1) is 16.8. The highest BCUT2D eigenvalue weighted by atomic mass is 35.5. The van der Waals surface area contributed by atoms with Crippen molar-refractivity contribution in [3.05, 3.63) is 69.7 Å². The Bertz CT molecular complexity index is 1210. The standard InChI is InChI=1S/C23H25B3ClF2N3O4/c1-2-22(25,26)20(35)31-18(33)17(24)32-11-13-9-12(3-8-16(13)19(32)34)10-30-21(36)23(28,29)14-4-6-15(27)7-5-14/h3-9,17H,2,10-11,24-26H2,1H3,(H,30,36)(H,31,33,35)/t17-/m1/s1. The molecule has 0 unspecified atom stereocenters. The van der Waals surface area contributed by atoms with Crippen molar-refractivity contribution in [3.8, 4) is 0 Å². The molecule has 2 aromatic carbocycles. The smallest absolute Gasteiger partial charge is 0.346 e. The van der Waals surface area contributed by atoms with Gasteiger partial charge < -0.3 is 10.2 Å². The van der Waals surface area contributed by atoms with E-state index in [0.29, 0.717) is 23.1 Å². The Balaban J connectivity index is 1.65. The summed E-state index contributed by atoms with van der Waals surface area (Å²) in [5.74, 6) is -7.49. The zero-order valence-electron chi connectivity index (χ0n) is 20.5. The summed E-state index contributed by atoms with van der Waals surface area (Å²) in [5, 5.41) is 4.15. The number of alkyl halides is 2. The molecule has 7 nitrogen and oxygen atoms in total. The Morgan fingerprint density at radius 3 is 2.36 bits per heavy atom. The van der Waals surface area contributed by atoms with Crippen LogP contribution in [0.3, 0.4) is 0 Å². The van der Waals surface area contributed by atoms with Crippen LogP contribution in [0, 0.1) is 0 Å². The number of rotatable bonds is 8. The minimum absolute atomic E-state index is 0.108. The Morgan fingerprint density at radius 1 is 1.11 bits per heavy atom. The lowest BCUT2D eigenvalue weighted by Gasteiger charge is -2.26. The van der Waals surface area contributed by atoms with Gasteiger partial charge in [-0.25, -0.2) is 0 Å². The van der Waals surface area contributed by atoms with Crippen LogP contribution in [0.4, 0.5) is 8.78 Å². The number of nitrogens with zero attached hydrogens (tertiary/aromatic N) is 1. The average molecular weight is 513 g/mol. The van der Waals surface area contributed by atoms with Crippen LogP contribution in [-0.4, -0.2) is 58.0 Å². The summed E-state index contributed by atoms with van der Waals surface area (Å²) >= 11 is 5.72. The molecule has 36 heavy (non-hydrogen) atoms. The second-order valence-corrected chi connectivity index (χ2v) is 9.86. The largest absolute Gasteiger partial charge is 0.349 e. The van der Waals surface area contributed by atoms with E-state index in [9.17, 15) is 28.0 Å². The van der Waals surface area contributed by atoms with Crippen molar-refractivity contribution in [1.82, 2.24) is 15.5 Å². The predicted molar refractivity (Wildman–Crippen MR) is 139 cm³/mol. The van der Waals surface area contributed by atoms with Crippen molar-refractivity contribution in [3.63, 3.8) is 0 Å². The molecule has 4 amide bonds. The van der Waals surface area contributed by atoms with Crippen LogP contribution in [0.15, 0.2) is 42.5 Å². The number of benzene rings is 2. The third kappa shape index (κ3) is 5.64. The molecule has 1 aliphatic heterocycles. The third-order valence-electron chi connectivity index (χ3n) is 6.53. The molecule has 2 aromatic rings. The molecule has 3 rings (SSSR count). The molecule has 1 aliphatic rings. The molecule has 186 valence electrons. The van der Waals surface area contributed by atoms with Crippen LogP contribution in [0.2, 0.25) is 10.2 Å². The summed E-state index contributed by atoms with van der Waals surface area (Å²) in [5.41, 5.74) is 1.00. The molecule has 2 N–H and O–H groups in total. The van der Waals surface area contributed by atoms with Gasteiger partial charge in [0.05, 0.1) is 5.94 Å². The van der Waals surface area contributed by atoms with Crippen LogP contribution in [0.25, 0.3) is 0 Å². The van der Waals surface area contributed by atoms with Crippen molar-refractivity contribution in [2.75, 3.05) is 0 Å². The van der Waals surface area contributed by atoms with Gasteiger partial charge >= 0.3 is 5.92 Å². The Kier molecular flexibility index (Phi) is 7.98. The lowest BCUT2D eigenvalue weighted by atomic mass is 9.52. The number of carbonyl (C=O) groups is 4. The molecule has 0 aromatic heterocycles. The lowest BCUT2D eigenvalue weighted by molar-refractivity contribution is -0.147. The Labute approximate surface area is 215 Å². The van der Waals surface area contributed by atoms with Gasteiger partial charge in [0.1, 0.15) is 23.5 Å². The molecule has 0 fully saturated rings. The van der Waals surface area contributed by atoms with E-state index >= 15 is 0 Å². The normalized spacial score (nSPS) is 14.2. The molecule has 0 aliphatic carbocycles. The fourth-order valence-corrected chi connectivity index (χ4v) is 3.72. The first-order valence-corrected chi connectivity index (χ1v) is 11.9. The van der Waals surface area contributed by atoms with E-state index in [2.05, 4.69) is 10.6 Å². The Morgan fingerprint density at radius 2 is 1.75 bits per heavy atom. The van der Waals surface area contributed by atoms with Crippen LogP contribution >= 0.6 is 11.6 Å². The van der Waals surface area contributed by atoms with Crippen LogP contribution < -0.4 is 10.6 Å². The molecule has 0 radical (unpaired) electrons. The quantitative estimate of drug-likeness (QED) is 0.490. The zero-order valence-corrected chi connectivity index (χ0v) is 21.2. The van der Waals surface area contributed by atoms with E-state index in [-0.39, 0.29) is 24.0 Å². The van der Waals surface area contributed by atoms with Crippen LogP contribution in [0.1, 0.15) is 40.4 Å². The summed E-state index contributed by atoms with van der Waals surface area (Å²) < 4.78 is 29.0. The third-order valence-corrected chi connectivity index (χ3v) is 6.78. The average Bonchev–Trinajstić information content (AvgIpc) is 3.17. The van der Waals surface area contributed by atoms with E-state index in [4.69, 9.17) is 11.6 Å². The van der Waals surface area contributed by atoms with Gasteiger partial charge in [-0.15, -0.1) is 0 Å². The Hall–Kier alpha value is -3.14. The van der Waals surface area contributed by atoms with Crippen LogP contribution in [-0.2, 0) is 33.4 Å². The number of nitrogens with one attached hydrogen (secondary N) is 2. The fraction of sp³-hybridized carbons (Fsp3) is 0.304. The number of amides is 4. The molecular weight excluding hydrogens is 488 g/mol. The van der Waals surface area contributed by atoms with E-state index in [1.165, 1.54) is 30.9 Å². The molecule has 1 atom stereocenters. The highest BCUT2D eigenvalue weighted by molar-refractivity contribution is 6.51. The maximum atomic E-state index is 14.5. The second-order valence-electron chi connectivity index (χ2n) is 9.42. The summed E-state index contributed by atoms with van der Waals surface area (Å²) in [4.78, 5) is 51.3. The molecule has 13 heteroatoms. The van der Waals surface area contributed by atoms with Crippen molar-refractivity contribution in [2.24, 2.45) is 0 Å². The number of carbonyl (C=O) groups excluding carboxylic acids is 4.